The lowest BCUT2D eigenvalue weighted by Crippen LogP contribution is -1.93. The fourth-order valence-electron chi connectivity index (χ4n) is 1.69. The molecule has 0 bridgehead atoms. The molecule has 0 spiro atoms. The fraction of sp³-hybridized carbons (Fsp3) is 0.0833. The predicted octanol–water partition coefficient (Wildman–Crippen LogP) is 2.78. The normalized spacial score (nSPS) is 11.0. The number of thiazole rings is 1. The van der Waals surface area contributed by atoms with Gasteiger partial charge in [-0.25, -0.2) is 18.2 Å². The maximum atomic E-state index is 13.2. The number of hydrogen-bond donors (Lipinski definition) is 1. The average Bonchev–Trinajstić information content (AvgIpc) is 3.05. The van der Waals surface area contributed by atoms with E-state index in [0.717, 1.165) is 12.1 Å². The third-order valence-corrected chi connectivity index (χ3v) is 3.33. The molecule has 21 heavy (non-hydrogen) atoms. The summed E-state index contributed by atoms with van der Waals surface area (Å²) in [6.07, 6.45) is 0.243. The number of anilines is 1. The van der Waals surface area contributed by atoms with Crippen molar-refractivity contribution in [3.63, 3.8) is 0 Å². The second-order valence-corrected chi connectivity index (χ2v) is 5.01. The van der Waals surface area contributed by atoms with Crippen LogP contribution < -0.4 is 5.73 Å². The SMILES string of the molecule is Nc1nc(Cc2nc(-c3cc(F)c(F)c(F)c3)no2)cs1. The molecular weight excluding hydrogens is 305 g/mol. The molecule has 0 fully saturated rings. The molecule has 0 atom stereocenters. The fourth-order valence-corrected chi connectivity index (χ4v) is 2.25. The van der Waals surface area contributed by atoms with Gasteiger partial charge in [-0.15, -0.1) is 11.3 Å². The monoisotopic (exact) mass is 312 g/mol. The smallest absolute Gasteiger partial charge is 0.233 e. The van der Waals surface area contributed by atoms with Crippen LogP contribution in [-0.4, -0.2) is 15.1 Å². The first-order valence-electron chi connectivity index (χ1n) is 5.70. The largest absolute Gasteiger partial charge is 0.375 e. The van der Waals surface area contributed by atoms with Crippen molar-refractivity contribution >= 4 is 16.5 Å². The van der Waals surface area contributed by atoms with Crippen molar-refractivity contribution in [2.75, 3.05) is 5.73 Å². The molecule has 2 heterocycles. The standard InChI is InChI=1S/C12H7F3N4OS/c13-7-1-5(2-8(14)10(7)15)11-18-9(20-19-11)3-6-4-21-12(16)17-6/h1-2,4H,3H2,(H2,16,17). The molecule has 0 radical (unpaired) electrons. The summed E-state index contributed by atoms with van der Waals surface area (Å²) >= 11 is 1.27. The van der Waals surface area contributed by atoms with E-state index in [1.165, 1.54) is 11.3 Å². The van der Waals surface area contributed by atoms with Gasteiger partial charge in [-0.3, -0.25) is 0 Å². The zero-order valence-electron chi connectivity index (χ0n) is 10.3. The quantitative estimate of drug-likeness (QED) is 0.752. The molecule has 2 aromatic heterocycles. The van der Waals surface area contributed by atoms with Gasteiger partial charge in [0.2, 0.25) is 11.7 Å². The van der Waals surface area contributed by atoms with Gasteiger partial charge in [-0.2, -0.15) is 4.98 Å². The van der Waals surface area contributed by atoms with E-state index in [0.29, 0.717) is 10.8 Å². The van der Waals surface area contributed by atoms with Crippen LogP contribution in [0, 0.1) is 17.5 Å². The third kappa shape index (κ3) is 2.72. The minimum Gasteiger partial charge on any atom is -0.375 e. The first-order chi connectivity index (χ1) is 10.0. The van der Waals surface area contributed by atoms with Crippen molar-refractivity contribution < 1.29 is 17.7 Å². The summed E-state index contributed by atoms with van der Waals surface area (Å²) < 4.78 is 44.2. The number of halogens is 3. The van der Waals surface area contributed by atoms with Gasteiger partial charge < -0.3 is 10.3 Å². The van der Waals surface area contributed by atoms with Crippen molar-refractivity contribution in [3.05, 3.63) is 46.5 Å². The van der Waals surface area contributed by atoms with Gasteiger partial charge in [0.1, 0.15) is 0 Å². The summed E-state index contributed by atoms with van der Waals surface area (Å²) in [5.41, 5.74) is 6.13. The molecule has 3 rings (SSSR count). The van der Waals surface area contributed by atoms with E-state index in [1.807, 2.05) is 0 Å². The summed E-state index contributed by atoms with van der Waals surface area (Å²) in [5.74, 6) is -4.00. The third-order valence-electron chi connectivity index (χ3n) is 2.61. The van der Waals surface area contributed by atoms with Gasteiger partial charge in [0.15, 0.2) is 22.6 Å². The topological polar surface area (TPSA) is 77.8 Å². The van der Waals surface area contributed by atoms with Gasteiger partial charge in [0.05, 0.1) is 12.1 Å². The Morgan fingerprint density at radius 1 is 1.14 bits per heavy atom. The zero-order valence-corrected chi connectivity index (χ0v) is 11.1. The molecule has 0 aliphatic carbocycles. The van der Waals surface area contributed by atoms with Crippen LogP contribution in [0.15, 0.2) is 22.0 Å². The van der Waals surface area contributed by atoms with Crippen molar-refractivity contribution in [2.45, 2.75) is 6.42 Å². The molecular formula is C12H7F3N4OS. The van der Waals surface area contributed by atoms with E-state index in [2.05, 4.69) is 15.1 Å². The Bertz CT molecular complexity index is 778. The second kappa shape index (κ2) is 5.17. The lowest BCUT2D eigenvalue weighted by atomic mass is 10.2. The van der Waals surface area contributed by atoms with Gasteiger partial charge in [0.25, 0.3) is 0 Å². The maximum absolute atomic E-state index is 13.2. The van der Waals surface area contributed by atoms with E-state index in [1.54, 1.807) is 5.38 Å². The molecule has 5 nitrogen and oxygen atoms in total. The van der Waals surface area contributed by atoms with E-state index in [-0.39, 0.29) is 23.7 Å². The number of nitrogens with two attached hydrogens (primary N) is 1. The highest BCUT2D eigenvalue weighted by molar-refractivity contribution is 7.13. The second-order valence-electron chi connectivity index (χ2n) is 4.12. The molecule has 0 unspecified atom stereocenters. The van der Waals surface area contributed by atoms with Crippen LogP contribution in [0.4, 0.5) is 18.3 Å². The Morgan fingerprint density at radius 3 is 2.48 bits per heavy atom. The highest BCUT2D eigenvalue weighted by Crippen LogP contribution is 2.22. The van der Waals surface area contributed by atoms with Crippen LogP contribution in [0.2, 0.25) is 0 Å². The van der Waals surface area contributed by atoms with Crippen molar-refractivity contribution in [3.8, 4) is 11.4 Å². The number of nitrogen functional groups attached to an aromatic ring is 1. The van der Waals surface area contributed by atoms with Crippen LogP contribution in [0.5, 0.6) is 0 Å². The van der Waals surface area contributed by atoms with Crippen LogP contribution in [0.1, 0.15) is 11.6 Å². The number of benzene rings is 1. The minimum absolute atomic E-state index is 0.0146. The highest BCUT2D eigenvalue weighted by atomic mass is 32.1. The molecule has 1 aromatic carbocycles. The summed E-state index contributed by atoms with van der Waals surface area (Å²) in [5, 5.41) is 5.75. The Balaban J connectivity index is 1.88. The Kier molecular flexibility index (Phi) is 3.34. The molecule has 0 saturated heterocycles. The Morgan fingerprint density at radius 2 is 1.86 bits per heavy atom. The number of hydrogen-bond acceptors (Lipinski definition) is 6. The number of aromatic nitrogens is 3. The zero-order chi connectivity index (χ0) is 15.0. The molecule has 2 N–H and O–H groups in total. The molecule has 3 aromatic rings. The van der Waals surface area contributed by atoms with E-state index < -0.39 is 17.5 Å². The first kappa shape index (κ1) is 13.6. The Hall–Kier alpha value is -2.42. The molecule has 0 aliphatic rings. The van der Waals surface area contributed by atoms with Gasteiger partial charge in [-0.1, -0.05) is 5.16 Å². The number of rotatable bonds is 3. The molecule has 0 aliphatic heterocycles. The summed E-state index contributed by atoms with van der Waals surface area (Å²) in [6, 6.07) is 1.60. The molecule has 0 saturated carbocycles. The summed E-state index contributed by atoms with van der Waals surface area (Å²) in [7, 11) is 0. The highest BCUT2D eigenvalue weighted by Gasteiger charge is 2.16. The van der Waals surface area contributed by atoms with Crippen LogP contribution in [0.25, 0.3) is 11.4 Å². The van der Waals surface area contributed by atoms with Crippen molar-refractivity contribution in [1.82, 2.24) is 15.1 Å². The summed E-state index contributed by atoms with van der Waals surface area (Å²) in [6.45, 7) is 0. The number of nitrogens with zero attached hydrogens (tertiary/aromatic N) is 3. The summed E-state index contributed by atoms with van der Waals surface area (Å²) in [4.78, 5) is 8.01. The van der Waals surface area contributed by atoms with E-state index in [4.69, 9.17) is 10.3 Å². The Labute approximate surface area is 120 Å². The molecule has 0 amide bonds. The van der Waals surface area contributed by atoms with Crippen LogP contribution >= 0.6 is 11.3 Å². The van der Waals surface area contributed by atoms with Crippen LogP contribution in [-0.2, 0) is 6.42 Å². The van der Waals surface area contributed by atoms with Crippen molar-refractivity contribution in [2.24, 2.45) is 0 Å². The van der Waals surface area contributed by atoms with Crippen LogP contribution in [0.3, 0.4) is 0 Å². The molecule has 9 heteroatoms. The van der Waals surface area contributed by atoms with E-state index >= 15 is 0 Å². The van der Waals surface area contributed by atoms with Gasteiger partial charge in [0, 0.05) is 10.9 Å². The van der Waals surface area contributed by atoms with E-state index in [9.17, 15) is 13.2 Å². The lowest BCUT2D eigenvalue weighted by Gasteiger charge is -1.98. The molecule has 108 valence electrons. The van der Waals surface area contributed by atoms with Crippen molar-refractivity contribution in [1.29, 1.82) is 0 Å². The maximum Gasteiger partial charge on any atom is 0.233 e. The van der Waals surface area contributed by atoms with Gasteiger partial charge in [-0.05, 0) is 12.1 Å². The first-order valence-corrected chi connectivity index (χ1v) is 6.58. The van der Waals surface area contributed by atoms with Gasteiger partial charge >= 0.3 is 0 Å². The predicted molar refractivity (Wildman–Crippen MR) is 68.9 cm³/mol. The minimum atomic E-state index is -1.54. The average molecular weight is 312 g/mol. The lowest BCUT2D eigenvalue weighted by molar-refractivity contribution is 0.385.